The third-order valence-electron chi connectivity index (χ3n) is 2.85. The number of carbonyl (C=O) groups excluding carboxylic acids is 1. The maximum Gasteiger partial charge on any atom is 0.244 e. The first-order valence-electron chi connectivity index (χ1n) is 6.35. The van der Waals surface area contributed by atoms with Gasteiger partial charge in [-0.3, -0.25) is 9.89 Å². The maximum atomic E-state index is 11.6. The Labute approximate surface area is 130 Å². The molecule has 2 N–H and O–H groups in total. The molecule has 106 valence electrons. The van der Waals surface area contributed by atoms with E-state index in [4.69, 9.17) is 0 Å². The number of H-pyrrole nitrogens is 1. The van der Waals surface area contributed by atoms with E-state index in [1.807, 2.05) is 31.3 Å². The molecule has 2 aromatic rings. The van der Waals surface area contributed by atoms with Gasteiger partial charge in [0.1, 0.15) is 0 Å². The summed E-state index contributed by atoms with van der Waals surface area (Å²) in [6, 6.07) is 3.94. The lowest BCUT2D eigenvalue weighted by molar-refractivity contribution is -0.116. The highest BCUT2D eigenvalue weighted by molar-refractivity contribution is 9.11. The smallest absolute Gasteiger partial charge is 0.244 e. The van der Waals surface area contributed by atoms with Crippen LogP contribution in [0, 0.1) is 6.92 Å². The summed E-state index contributed by atoms with van der Waals surface area (Å²) in [7, 11) is 0. The standard InChI is InChI=1S/C14H16BrN3OS/c1-10-11(9-17-18-10)3-2-8-16-14(19)7-5-12-4-6-13(15)20-12/h4-7,9H,2-3,8H2,1H3,(H,16,19)(H,17,18). The normalized spacial score (nSPS) is 11.1. The van der Waals surface area contributed by atoms with Gasteiger partial charge in [-0.1, -0.05) is 0 Å². The minimum absolute atomic E-state index is 0.0570. The van der Waals surface area contributed by atoms with Crippen LogP contribution in [-0.4, -0.2) is 22.6 Å². The van der Waals surface area contributed by atoms with Crippen molar-refractivity contribution in [1.29, 1.82) is 0 Å². The summed E-state index contributed by atoms with van der Waals surface area (Å²) in [5.74, 6) is -0.0570. The van der Waals surface area contributed by atoms with Gasteiger partial charge in [0.15, 0.2) is 0 Å². The molecular formula is C14H16BrN3OS. The number of amides is 1. The van der Waals surface area contributed by atoms with E-state index in [1.165, 1.54) is 5.56 Å². The van der Waals surface area contributed by atoms with Crippen LogP contribution >= 0.6 is 27.3 Å². The maximum absolute atomic E-state index is 11.6. The number of aromatic nitrogens is 2. The summed E-state index contributed by atoms with van der Waals surface area (Å²) in [6.07, 6.45) is 7.06. The van der Waals surface area contributed by atoms with Gasteiger partial charge in [-0.25, -0.2) is 0 Å². The van der Waals surface area contributed by atoms with Crippen LogP contribution in [0.4, 0.5) is 0 Å². The summed E-state index contributed by atoms with van der Waals surface area (Å²) < 4.78 is 1.06. The molecule has 2 heterocycles. The van der Waals surface area contributed by atoms with Gasteiger partial charge in [-0.15, -0.1) is 11.3 Å². The molecule has 1 amide bonds. The van der Waals surface area contributed by atoms with Crippen LogP contribution in [0.15, 0.2) is 28.2 Å². The molecule has 6 heteroatoms. The molecule has 0 spiro atoms. The number of rotatable bonds is 6. The Morgan fingerprint density at radius 3 is 3.05 bits per heavy atom. The molecule has 0 aliphatic heterocycles. The number of nitrogens with zero attached hydrogens (tertiary/aromatic N) is 1. The molecule has 4 nitrogen and oxygen atoms in total. The van der Waals surface area contributed by atoms with Crippen molar-refractivity contribution in [2.75, 3.05) is 6.54 Å². The summed E-state index contributed by atoms with van der Waals surface area (Å²) in [5, 5.41) is 9.76. The number of aromatic amines is 1. The highest BCUT2D eigenvalue weighted by atomic mass is 79.9. The number of thiophene rings is 1. The zero-order valence-corrected chi connectivity index (χ0v) is 13.6. The van der Waals surface area contributed by atoms with Crippen molar-refractivity contribution in [3.8, 4) is 0 Å². The lowest BCUT2D eigenvalue weighted by Gasteiger charge is -2.01. The molecule has 20 heavy (non-hydrogen) atoms. The van der Waals surface area contributed by atoms with Gasteiger partial charge in [0, 0.05) is 23.2 Å². The van der Waals surface area contributed by atoms with Crippen molar-refractivity contribution in [3.05, 3.63) is 44.3 Å². The fourth-order valence-electron chi connectivity index (χ4n) is 1.75. The van der Waals surface area contributed by atoms with E-state index >= 15 is 0 Å². The number of hydrogen-bond acceptors (Lipinski definition) is 3. The van der Waals surface area contributed by atoms with Crippen LogP contribution in [0.5, 0.6) is 0 Å². The molecule has 0 aliphatic rings. The largest absolute Gasteiger partial charge is 0.353 e. The molecule has 0 atom stereocenters. The molecule has 0 saturated carbocycles. The van der Waals surface area contributed by atoms with E-state index in [1.54, 1.807) is 17.4 Å². The van der Waals surface area contributed by atoms with Crippen molar-refractivity contribution in [1.82, 2.24) is 15.5 Å². The second-order valence-electron chi connectivity index (χ2n) is 4.39. The van der Waals surface area contributed by atoms with E-state index < -0.39 is 0 Å². The molecule has 2 aromatic heterocycles. The van der Waals surface area contributed by atoms with Gasteiger partial charge in [0.25, 0.3) is 0 Å². The molecular weight excluding hydrogens is 338 g/mol. The Morgan fingerprint density at radius 1 is 1.55 bits per heavy atom. The zero-order valence-electron chi connectivity index (χ0n) is 11.1. The lowest BCUT2D eigenvalue weighted by atomic mass is 10.1. The second kappa shape index (κ2) is 7.40. The summed E-state index contributed by atoms with van der Waals surface area (Å²) in [6.45, 7) is 2.67. The van der Waals surface area contributed by atoms with Crippen molar-refractivity contribution in [3.63, 3.8) is 0 Å². The molecule has 0 saturated heterocycles. The lowest BCUT2D eigenvalue weighted by Crippen LogP contribution is -2.22. The quantitative estimate of drug-likeness (QED) is 0.618. The van der Waals surface area contributed by atoms with Gasteiger partial charge in [-0.2, -0.15) is 5.10 Å². The second-order valence-corrected chi connectivity index (χ2v) is 6.88. The third kappa shape index (κ3) is 4.61. The number of aryl methyl sites for hydroxylation is 2. The molecule has 0 fully saturated rings. The fourth-order valence-corrected chi connectivity index (χ4v) is 3.08. The SMILES string of the molecule is Cc1[nH]ncc1CCCNC(=O)C=Cc1ccc(Br)s1. The highest BCUT2D eigenvalue weighted by Gasteiger charge is 2.01. The summed E-state index contributed by atoms with van der Waals surface area (Å²) in [4.78, 5) is 12.7. The van der Waals surface area contributed by atoms with Crippen LogP contribution < -0.4 is 5.32 Å². The summed E-state index contributed by atoms with van der Waals surface area (Å²) in [5.41, 5.74) is 2.30. The van der Waals surface area contributed by atoms with Crippen LogP contribution in [0.1, 0.15) is 22.6 Å². The molecule has 0 aromatic carbocycles. The van der Waals surface area contributed by atoms with Crippen LogP contribution in [0.3, 0.4) is 0 Å². The van der Waals surface area contributed by atoms with Crippen molar-refractivity contribution >= 4 is 39.2 Å². The van der Waals surface area contributed by atoms with E-state index in [0.717, 1.165) is 27.2 Å². The third-order valence-corrected chi connectivity index (χ3v) is 4.44. The molecule has 0 bridgehead atoms. The predicted molar refractivity (Wildman–Crippen MR) is 85.7 cm³/mol. The van der Waals surface area contributed by atoms with Gasteiger partial charge in [0.2, 0.25) is 5.91 Å². The first-order valence-corrected chi connectivity index (χ1v) is 7.96. The first-order chi connectivity index (χ1) is 9.65. The first kappa shape index (κ1) is 15.0. The average molecular weight is 354 g/mol. The molecule has 0 unspecified atom stereocenters. The van der Waals surface area contributed by atoms with Gasteiger partial charge in [-0.05, 0) is 59.5 Å². The highest BCUT2D eigenvalue weighted by Crippen LogP contribution is 2.22. The van der Waals surface area contributed by atoms with Crippen molar-refractivity contribution in [2.45, 2.75) is 19.8 Å². The topological polar surface area (TPSA) is 57.8 Å². The minimum Gasteiger partial charge on any atom is -0.353 e. The predicted octanol–water partition coefficient (Wildman–Crippen LogP) is 3.30. The van der Waals surface area contributed by atoms with Crippen LogP contribution in [0.2, 0.25) is 0 Å². The van der Waals surface area contributed by atoms with Crippen molar-refractivity contribution in [2.24, 2.45) is 0 Å². The number of halogens is 1. The molecule has 0 radical (unpaired) electrons. The Kier molecular flexibility index (Phi) is 5.55. The van der Waals surface area contributed by atoms with Crippen LogP contribution in [-0.2, 0) is 11.2 Å². The number of nitrogens with one attached hydrogen (secondary N) is 2. The van der Waals surface area contributed by atoms with E-state index in [2.05, 4.69) is 31.4 Å². The van der Waals surface area contributed by atoms with E-state index in [9.17, 15) is 4.79 Å². The fraction of sp³-hybridized carbons (Fsp3) is 0.286. The van der Waals surface area contributed by atoms with Crippen LogP contribution in [0.25, 0.3) is 6.08 Å². The van der Waals surface area contributed by atoms with E-state index in [-0.39, 0.29) is 5.91 Å². The van der Waals surface area contributed by atoms with Gasteiger partial charge >= 0.3 is 0 Å². The minimum atomic E-state index is -0.0570. The Bertz CT molecular complexity index is 603. The van der Waals surface area contributed by atoms with Gasteiger partial charge in [0.05, 0.1) is 9.98 Å². The molecule has 0 aliphatic carbocycles. The van der Waals surface area contributed by atoms with Crippen molar-refractivity contribution < 1.29 is 4.79 Å². The summed E-state index contributed by atoms with van der Waals surface area (Å²) >= 11 is 4.99. The Hall–Kier alpha value is -1.40. The Morgan fingerprint density at radius 2 is 2.40 bits per heavy atom. The average Bonchev–Trinajstić information content (AvgIpc) is 3.01. The monoisotopic (exact) mass is 353 g/mol. The number of carbonyl (C=O) groups is 1. The van der Waals surface area contributed by atoms with Gasteiger partial charge < -0.3 is 5.32 Å². The number of hydrogen-bond donors (Lipinski definition) is 2. The zero-order chi connectivity index (χ0) is 14.4. The molecule has 2 rings (SSSR count). The Balaban J connectivity index is 1.68. The van der Waals surface area contributed by atoms with E-state index in [0.29, 0.717) is 6.54 Å².